The van der Waals surface area contributed by atoms with Crippen LogP contribution in [-0.2, 0) is 20.9 Å². The molecule has 0 saturated carbocycles. The lowest BCUT2D eigenvalue weighted by Crippen LogP contribution is -2.46. The first kappa shape index (κ1) is 25.7. The number of amides is 2. The van der Waals surface area contributed by atoms with Crippen LogP contribution in [-0.4, -0.2) is 53.6 Å². The van der Waals surface area contributed by atoms with Crippen LogP contribution in [0.1, 0.15) is 48.1 Å². The molecule has 1 aromatic heterocycles. The average Bonchev–Trinajstić information content (AvgIpc) is 3.10. The van der Waals surface area contributed by atoms with Crippen LogP contribution in [0.4, 0.5) is 0 Å². The van der Waals surface area contributed by atoms with Crippen molar-refractivity contribution in [2.75, 3.05) is 20.2 Å². The maximum Gasteiger partial charge on any atom is 0.342 e. The molecule has 0 aliphatic heterocycles. The highest BCUT2D eigenvalue weighted by molar-refractivity contribution is 5.99. The second-order valence-corrected chi connectivity index (χ2v) is 9.41. The number of benzene rings is 2. The highest BCUT2D eigenvalue weighted by atomic mass is 16.5. The molecule has 0 fully saturated rings. The summed E-state index contributed by atoms with van der Waals surface area (Å²) < 4.78 is 16.5. The van der Waals surface area contributed by atoms with Crippen LogP contribution < -0.4 is 10.1 Å². The van der Waals surface area contributed by atoms with Gasteiger partial charge in [-0.1, -0.05) is 29.4 Å². The van der Waals surface area contributed by atoms with Crippen LogP contribution in [0.5, 0.6) is 5.75 Å². The molecule has 0 spiro atoms. The highest BCUT2D eigenvalue weighted by Gasteiger charge is 2.21. The number of carbonyl (C=O) groups excluding carboxylic acids is 3. The van der Waals surface area contributed by atoms with Crippen LogP contribution in [0.25, 0.3) is 10.8 Å². The van der Waals surface area contributed by atoms with Gasteiger partial charge in [-0.3, -0.25) is 9.59 Å². The van der Waals surface area contributed by atoms with Crippen LogP contribution in [0.3, 0.4) is 0 Å². The molecule has 3 aromatic rings. The van der Waals surface area contributed by atoms with Crippen molar-refractivity contribution in [3.05, 3.63) is 59.0 Å². The zero-order valence-corrected chi connectivity index (χ0v) is 20.9. The maximum atomic E-state index is 13.0. The number of carbonyl (C=O) groups is 3. The number of nitrogens with zero attached hydrogens (tertiary/aromatic N) is 2. The van der Waals surface area contributed by atoms with Gasteiger partial charge in [0.25, 0.3) is 5.91 Å². The van der Waals surface area contributed by atoms with Crippen molar-refractivity contribution < 1.29 is 28.4 Å². The third-order valence-electron chi connectivity index (χ3n) is 5.27. The van der Waals surface area contributed by atoms with E-state index in [1.54, 1.807) is 19.1 Å². The molecule has 0 bridgehead atoms. The molecule has 0 aliphatic carbocycles. The van der Waals surface area contributed by atoms with Gasteiger partial charge in [0.2, 0.25) is 5.91 Å². The smallest absolute Gasteiger partial charge is 0.342 e. The standard InChI is InChI=1S/C26H31N3O6/c1-16-21(17(2)35-28-16)14-33-22-12-19-10-8-7-9-18(19)11-20(22)25(32)34-15-24(31)29(6)13-23(30)27-26(3,4)5/h7-12H,13-15H2,1-6H3,(H,27,30). The van der Waals surface area contributed by atoms with Gasteiger partial charge in [-0.25, -0.2) is 4.79 Å². The van der Waals surface area contributed by atoms with E-state index in [0.717, 1.165) is 16.3 Å². The zero-order valence-electron chi connectivity index (χ0n) is 20.9. The number of aromatic nitrogens is 1. The summed E-state index contributed by atoms with van der Waals surface area (Å²) in [6.45, 7) is 8.66. The van der Waals surface area contributed by atoms with E-state index in [9.17, 15) is 14.4 Å². The first-order chi connectivity index (χ1) is 16.4. The van der Waals surface area contributed by atoms with E-state index in [-0.39, 0.29) is 24.6 Å². The molecule has 1 heterocycles. The largest absolute Gasteiger partial charge is 0.488 e. The molecule has 2 amide bonds. The predicted octanol–water partition coefficient (Wildman–Crippen LogP) is 3.55. The van der Waals surface area contributed by atoms with Crippen molar-refractivity contribution in [1.29, 1.82) is 0 Å². The lowest BCUT2D eigenvalue weighted by molar-refractivity contribution is -0.137. The van der Waals surface area contributed by atoms with Gasteiger partial charge in [-0.15, -0.1) is 0 Å². The monoisotopic (exact) mass is 481 g/mol. The molecule has 2 aromatic carbocycles. The summed E-state index contributed by atoms with van der Waals surface area (Å²) in [5.41, 5.74) is 1.28. The summed E-state index contributed by atoms with van der Waals surface area (Å²) in [5, 5.41) is 8.42. The van der Waals surface area contributed by atoms with E-state index >= 15 is 0 Å². The SMILES string of the molecule is Cc1noc(C)c1COc1cc2ccccc2cc1C(=O)OCC(=O)N(C)CC(=O)NC(C)(C)C. The summed E-state index contributed by atoms with van der Waals surface area (Å²) in [4.78, 5) is 38.7. The highest BCUT2D eigenvalue weighted by Crippen LogP contribution is 2.28. The van der Waals surface area contributed by atoms with Gasteiger partial charge < -0.3 is 24.2 Å². The Morgan fingerprint density at radius 1 is 1.09 bits per heavy atom. The number of nitrogens with one attached hydrogen (secondary N) is 1. The summed E-state index contributed by atoms with van der Waals surface area (Å²) in [7, 11) is 1.48. The summed E-state index contributed by atoms with van der Waals surface area (Å²) in [6, 6.07) is 11.0. The number of likely N-dealkylation sites (N-methyl/N-ethyl adjacent to an activating group) is 1. The Hall–Kier alpha value is -3.88. The van der Waals surface area contributed by atoms with Gasteiger partial charge in [-0.2, -0.15) is 0 Å². The zero-order chi connectivity index (χ0) is 25.8. The molecule has 1 N–H and O–H groups in total. The van der Waals surface area contributed by atoms with Gasteiger partial charge in [0, 0.05) is 12.6 Å². The molecule has 0 atom stereocenters. The van der Waals surface area contributed by atoms with E-state index < -0.39 is 24.0 Å². The van der Waals surface area contributed by atoms with Crippen molar-refractivity contribution in [2.24, 2.45) is 0 Å². The Labute approximate surface area is 204 Å². The van der Waals surface area contributed by atoms with Crippen LogP contribution in [0, 0.1) is 13.8 Å². The Bertz CT molecular complexity index is 1220. The Morgan fingerprint density at radius 2 is 1.74 bits per heavy atom. The van der Waals surface area contributed by atoms with Gasteiger partial charge >= 0.3 is 5.97 Å². The van der Waals surface area contributed by atoms with Crippen molar-refractivity contribution in [3.63, 3.8) is 0 Å². The van der Waals surface area contributed by atoms with Crippen LogP contribution in [0.15, 0.2) is 40.9 Å². The lowest BCUT2D eigenvalue weighted by atomic mass is 10.1. The molecule has 0 saturated heterocycles. The van der Waals surface area contributed by atoms with Gasteiger partial charge in [0.1, 0.15) is 23.7 Å². The molecule has 9 nitrogen and oxygen atoms in total. The number of rotatable bonds is 8. The van der Waals surface area contributed by atoms with Crippen molar-refractivity contribution >= 4 is 28.6 Å². The van der Waals surface area contributed by atoms with Crippen molar-refractivity contribution in [3.8, 4) is 5.75 Å². The quantitative estimate of drug-likeness (QED) is 0.490. The van der Waals surface area contributed by atoms with Crippen LogP contribution >= 0.6 is 0 Å². The maximum absolute atomic E-state index is 13.0. The van der Waals surface area contributed by atoms with E-state index in [1.165, 1.54) is 11.9 Å². The number of aryl methyl sites for hydroxylation is 2. The minimum atomic E-state index is -0.703. The first-order valence-corrected chi connectivity index (χ1v) is 11.2. The summed E-state index contributed by atoms with van der Waals surface area (Å²) in [5.74, 6) is -0.549. The normalized spacial score (nSPS) is 11.3. The molecule has 0 unspecified atom stereocenters. The number of ether oxygens (including phenoxy) is 2. The van der Waals surface area contributed by atoms with Gasteiger partial charge in [0.15, 0.2) is 6.61 Å². The third-order valence-corrected chi connectivity index (χ3v) is 5.27. The molecular weight excluding hydrogens is 450 g/mol. The molecule has 186 valence electrons. The van der Waals surface area contributed by atoms with Crippen LogP contribution in [0.2, 0.25) is 0 Å². The topological polar surface area (TPSA) is 111 Å². The molecule has 35 heavy (non-hydrogen) atoms. The molecule has 9 heteroatoms. The van der Waals surface area contributed by atoms with E-state index in [1.807, 2.05) is 52.0 Å². The van der Waals surface area contributed by atoms with E-state index in [4.69, 9.17) is 14.0 Å². The second-order valence-electron chi connectivity index (χ2n) is 9.41. The summed E-state index contributed by atoms with van der Waals surface area (Å²) >= 11 is 0. The third kappa shape index (κ3) is 6.81. The molecule has 0 aliphatic rings. The van der Waals surface area contributed by atoms with Gasteiger partial charge in [0.05, 0.1) is 17.8 Å². The fourth-order valence-corrected chi connectivity index (χ4v) is 3.43. The minimum Gasteiger partial charge on any atom is -0.488 e. The Morgan fingerprint density at radius 3 is 2.34 bits per heavy atom. The van der Waals surface area contributed by atoms with Crippen molar-refractivity contribution in [1.82, 2.24) is 15.4 Å². The number of hydrogen-bond acceptors (Lipinski definition) is 7. The average molecular weight is 482 g/mol. The molecular formula is C26H31N3O6. The van der Waals surface area contributed by atoms with E-state index in [2.05, 4.69) is 10.5 Å². The van der Waals surface area contributed by atoms with Crippen molar-refractivity contribution in [2.45, 2.75) is 46.8 Å². The first-order valence-electron chi connectivity index (χ1n) is 11.2. The van der Waals surface area contributed by atoms with Gasteiger partial charge in [-0.05, 0) is 57.5 Å². The number of esters is 1. The fourth-order valence-electron chi connectivity index (χ4n) is 3.43. The minimum absolute atomic E-state index is 0.143. The number of fused-ring (bicyclic) bond motifs is 1. The second kappa shape index (κ2) is 10.6. The lowest BCUT2D eigenvalue weighted by Gasteiger charge is -2.23. The molecule has 0 radical (unpaired) electrons. The Kier molecular flexibility index (Phi) is 7.78. The Balaban J connectivity index is 1.72. The fraction of sp³-hybridized carbons (Fsp3) is 0.385. The van der Waals surface area contributed by atoms with E-state index in [0.29, 0.717) is 17.2 Å². The molecule has 3 rings (SSSR count). The predicted molar refractivity (Wildman–Crippen MR) is 130 cm³/mol. The number of hydrogen-bond donors (Lipinski definition) is 1. The summed E-state index contributed by atoms with van der Waals surface area (Å²) in [6.07, 6.45) is 0.